The van der Waals surface area contributed by atoms with Crippen LogP contribution in [0.2, 0.25) is 0 Å². The number of rotatable bonds is 5. The van der Waals surface area contributed by atoms with Crippen molar-refractivity contribution in [2.75, 3.05) is 20.7 Å². The Morgan fingerprint density at radius 2 is 1.89 bits per heavy atom. The van der Waals surface area contributed by atoms with Crippen LogP contribution in [0.1, 0.15) is 5.56 Å². The first-order chi connectivity index (χ1) is 9.15. The van der Waals surface area contributed by atoms with Gasteiger partial charge < -0.3 is 4.74 Å². The van der Waals surface area contributed by atoms with E-state index in [0.29, 0.717) is 6.61 Å². The summed E-state index contributed by atoms with van der Waals surface area (Å²) in [5.41, 5.74) is 3.69. The molecule has 4 nitrogen and oxygen atoms in total. The number of hydrogen-bond donors (Lipinski definition) is 1. The number of amides is 1. The molecule has 2 aromatic rings. The maximum atomic E-state index is 11.4. The third-order valence-electron chi connectivity index (χ3n) is 2.66. The van der Waals surface area contributed by atoms with E-state index in [1.54, 1.807) is 19.1 Å². The predicted molar refractivity (Wildman–Crippen MR) is 75.4 cm³/mol. The second-order valence-electron chi connectivity index (χ2n) is 4.60. The monoisotopic (exact) mass is 258 g/mol. The van der Waals surface area contributed by atoms with Crippen LogP contribution in [0.25, 0.3) is 10.8 Å². The highest BCUT2D eigenvalue weighted by molar-refractivity contribution is 5.83. The molecule has 0 spiro atoms. The minimum absolute atomic E-state index is 0.0605. The molecule has 0 saturated carbocycles. The van der Waals surface area contributed by atoms with Gasteiger partial charge in [0, 0.05) is 14.1 Å². The minimum atomic E-state index is -0.147. The molecular formula is C15H18N2O2. The van der Waals surface area contributed by atoms with Gasteiger partial charge in [0.2, 0.25) is 0 Å². The zero-order valence-corrected chi connectivity index (χ0v) is 11.2. The highest BCUT2D eigenvalue weighted by Crippen LogP contribution is 2.15. The smallest absolute Gasteiger partial charge is 0.260 e. The van der Waals surface area contributed by atoms with Gasteiger partial charge in [-0.1, -0.05) is 36.4 Å². The van der Waals surface area contributed by atoms with Crippen LogP contribution >= 0.6 is 0 Å². The number of hydrogen-bond acceptors (Lipinski definition) is 3. The Bertz CT molecular complexity index is 567. The number of nitrogens with zero attached hydrogens (tertiary/aromatic N) is 1. The van der Waals surface area contributed by atoms with E-state index in [1.165, 1.54) is 10.8 Å². The van der Waals surface area contributed by atoms with E-state index in [2.05, 4.69) is 29.7 Å². The van der Waals surface area contributed by atoms with Crippen molar-refractivity contribution >= 4 is 16.7 Å². The van der Waals surface area contributed by atoms with Crippen LogP contribution in [0.3, 0.4) is 0 Å². The number of benzene rings is 2. The second-order valence-corrected chi connectivity index (χ2v) is 4.60. The molecule has 0 aromatic heterocycles. The summed E-state index contributed by atoms with van der Waals surface area (Å²) in [5.74, 6) is -0.147. The average molecular weight is 258 g/mol. The Morgan fingerprint density at radius 1 is 1.16 bits per heavy atom. The van der Waals surface area contributed by atoms with Crippen molar-refractivity contribution in [2.45, 2.75) is 6.61 Å². The highest BCUT2D eigenvalue weighted by atomic mass is 16.5. The van der Waals surface area contributed by atoms with Gasteiger partial charge in [0.25, 0.3) is 5.91 Å². The molecule has 0 aliphatic heterocycles. The molecule has 0 atom stereocenters. The summed E-state index contributed by atoms with van der Waals surface area (Å²) in [7, 11) is 3.53. The molecule has 2 aromatic carbocycles. The Labute approximate surface area is 112 Å². The third-order valence-corrected chi connectivity index (χ3v) is 2.66. The summed E-state index contributed by atoms with van der Waals surface area (Å²) in [5, 5.41) is 3.99. The van der Waals surface area contributed by atoms with Crippen molar-refractivity contribution < 1.29 is 9.53 Å². The van der Waals surface area contributed by atoms with Gasteiger partial charge in [0.15, 0.2) is 0 Å². The van der Waals surface area contributed by atoms with Gasteiger partial charge >= 0.3 is 0 Å². The SMILES string of the molecule is CN(C)NC(=O)COCc1ccc2ccccc2c1. The van der Waals surface area contributed by atoms with E-state index in [0.717, 1.165) is 5.56 Å². The van der Waals surface area contributed by atoms with Crippen LogP contribution in [0.15, 0.2) is 42.5 Å². The van der Waals surface area contributed by atoms with E-state index < -0.39 is 0 Å². The minimum Gasteiger partial charge on any atom is -0.367 e. The topological polar surface area (TPSA) is 41.6 Å². The van der Waals surface area contributed by atoms with Gasteiger partial charge in [-0.2, -0.15) is 0 Å². The zero-order valence-electron chi connectivity index (χ0n) is 11.2. The summed E-state index contributed by atoms with van der Waals surface area (Å²) >= 11 is 0. The lowest BCUT2D eigenvalue weighted by atomic mass is 10.1. The number of fused-ring (bicyclic) bond motifs is 1. The van der Waals surface area contributed by atoms with Crippen molar-refractivity contribution in [1.82, 2.24) is 10.4 Å². The van der Waals surface area contributed by atoms with Crippen molar-refractivity contribution in [3.05, 3.63) is 48.0 Å². The molecule has 0 aliphatic rings. The third kappa shape index (κ3) is 4.05. The van der Waals surface area contributed by atoms with Crippen LogP contribution in [-0.2, 0) is 16.1 Å². The normalized spacial score (nSPS) is 10.9. The lowest BCUT2D eigenvalue weighted by Gasteiger charge is -2.11. The van der Waals surface area contributed by atoms with Crippen LogP contribution in [-0.4, -0.2) is 31.6 Å². The van der Waals surface area contributed by atoms with Crippen LogP contribution < -0.4 is 5.43 Å². The number of carbonyl (C=O) groups is 1. The van der Waals surface area contributed by atoms with E-state index >= 15 is 0 Å². The summed E-state index contributed by atoms with van der Waals surface area (Å²) in [6.45, 7) is 0.497. The quantitative estimate of drug-likeness (QED) is 0.833. The molecule has 19 heavy (non-hydrogen) atoms. The second kappa shape index (κ2) is 6.31. The van der Waals surface area contributed by atoms with E-state index in [4.69, 9.17) is 4.74 Å². The Hall–Kier alpha value is -1.91. The fourth-order valence-corrected chi connectivity index (χ4v) is 1.87. The largest absolute Gasteiger partial charge is 0.367 e. The molecule has 0 fully saturated rings. The maximum Gasteiger partial charge on any atom is 0.260 e. The van der Waals surface area contributed by atoms with Gasteiger partial charge in [0.1, 0.15) is 6.61 Å². The predicted octanol–water partition coefficient (Wildman–Crippen LogP) is 1.95. The summed E-state index contributed by atoms with van der Waals surface area (Å²) in [4.78, 5) is 11.4. The van der Waals surface area contributed by atoms with Crippen molar-refractivity contribution in [3.63, 3.8) is 0 Å². The van der Waals surface area contributed by atoms with Crippen molar-refractivity contribution in [3.8, 4) is 0 Å². The lowest BCUT2D eigenvalue weighted by molar-refractivity contribution is -0.129. The molecule has 0 heterocycles. The highest BCUT2D eigenvalue weighted by Gasteiger charge is 2.02. The molecular weight excluding hydrogens is 240 g/mol. The van der Waals surface area contributed by atoms with E-state index in [-0.39, 0.29) is 12.5 Å². The molecule has 1 amide bonds. The van der Waals surface area contributed by atoms with Gasteiger partial charge in [-0.3, -0.25) is 10.2 Å². The van der Waals surface area contributed by atoms with Gasteiger partial charge in [-0.05, 0) is 22.4 Å². The summed E-state index contributed by atoms with van der Waals surface area (Å²) in [6.07, 6.45) is 0. The standard InChI is InChI=1S/C15H18N2O2/c1-17(2)16-15(18)11-19-10-12-7-8-13-5-3-4-6-14(13)9-12/h3-9H,10-11H2,1-2H3,(H,16,18). The molecule has 4 heteroatoms. The van der Waals surface area contributed by atoms with Gasteiger partial charge in [-0.15, -0.1) is 0 Å². The number of ether oxygens (including phenoxy) is 1. The molecule has 0 bridgehead atoms. The van der Waals surface area contributed by atoms with Crippen molar-refractivity contribution in [1.29, 1.82) is 0 Å². The van der Waals surface area contributed by atoms with Crippen molar-refractivity contribution in [2.24, 2.45) is 0 Å². The maximum absolute atomic E-state index is 11.4. The first-order valence-corrected chi connectivity index (χ1v) is 6.17. The summed E-state index contributed by atoms with van der Waals surface area (Å²) in [6, 6.07) is 14.3. The molecule has 0 unspecified atom stereocenters. The zero-order chi connectivity index (χ0) is 13.7. The first-order valence-electron chi connectivity index (χ1n) is 6.17. The molecule has 0 radical (unpaired) electrons. The first kappa shape index (κ1) is 13.5. The molecule has 0 aliphatic carbocycles. The summed E-state index contributed by atoms with van der Waals surface area (Å²) < 4.78 is 5.39. The Balaban J connectivity index is 1.89. The molecule has 0 saturated heterocycles. The van der Waals surface area contributed by atoms with Crippen LogP contribution in [0.5, 0.6) is 0 Å². The number of hydrazine groups is 1. The number of nitrogens with one attached hydrogen (secondary N) is 1. The molecule has 2 rings (SSSR count). The lowest BCUT2D eigenvalue weighted by Crippen LogP contribution is -2.38. The Morgan fingerprint density at radius 3 is 2.63 bits per heavy atom. The fraction of sp³-hybridized carbons (Fsp3) is 0.267. The Kier molecular flexibility index (Phi) is 4.49. The van der Waals surface area contributed by atoms with E-state index in [1.807, 2.05) is 18.2 Å². The van der Waals surface area contributed by atoms with Crippen LogP contribution in [0, 0.1) is 0 Å². The average Bonchev–Trinajstić information content (AvgIpc) is 2.37. The molecule has 100 valence electrons. The van der Waals surface area contributed by atoms with Gasteiger partial charge in [0.05, 0.1) is 6.61 Å². The van der Waals surface area contributed by atoms with E-state index in [9.17, 15) is 4.79 Å². The fourth-order valence-electron chi connectivity index (χ4n) is 1.87. The van der Waals surface area contributed by atoms with Crippen LogP contribution in [0.4, 0.5) is 0 Å². The molecule has 1 N–H and O–H groups in total. The van der Waals surface area contributed by atoms with Gasteiger partial charge in [-0.25, -0.2) is 5.01 Å². The number of carbonyl (C=O) groups excluding carboxylic acids is 1.